The summed E-state index contributed by atoms with van der Waals surface area (Å²) >= 11 is 0. The molecule has 0 spiro atoms. The molecule has 6 heteroatoms. The van der Waals surface area contributed by atoms with Crippen LogP contribution in [0.15, 0.2) is 30.3 Å². The van der Waals surface area contributed by atoms with Crippen LogP contribution in [0, 0.1) is 11.2 Å². The van der Waals surface area contributed by atoms with Gasteiger partial charge in [0.05, 0.1) is 26.2 Å². The SMILES string of the molecule is COC(=O)Cc1cc2c(c(-c3ccc(F)cc3)c1C(=O)OC)C(=O)CC(C)(C)C2. The average molecular weight is 398 g/mol. The molecule has 29 heavy (non-hydrogen) atoms. The van der Waals surface area contributed by atoms with E-state index in [9.17, 15) is 18.8 Å². The van der Waals surface area contributed by atoms with E-state index < -0.39 is 17.8 Å². The normalized spacial score (nSPS) is 14.9. The van der Waals surface area contributed by atoms with Gasteiger partial charge in [-0.1, -0.05) is 32.0 Å². The first-order chi connectivity index (χ1) is 13.7. The summed E-state index contributed by atoms with van der Waals surface area (Å²) in [5.41, 5.74) is 2.40. The number of fused-ring (bicyclic) bond motifs is 1. The van der Waals surface area contributed by atoms with Crippen molar-refractivity contribution in [2.24, 2.45) is 5.41 Å². The van der Waals surface area contributed by atoms with Gasteiger partial charge in [-0.25, -0.2) is 9.18 Å². The van der Waals surface area contributed by atoms with Gasteiger partial charge in [-0.2, -0.15) is 0 Å². The fourth-order valence-corrected chi connectivity index (χ4v) is 3.97. The Morgan fingerprint density at radius 3 is 2.28 bits per heavy atom. The summed E-state index contributed by atoms with van der Waals surface area (Å²) in [6.45, 7) is 4.00. The van der Waals surface area contributed by atoms with E-state index >= 15 is 0 Å². The van der Waals surface area contributed by atoms with Crippen LogP contribution in [0.25, 0.3) is 11.1 Å². The van der Waals surface area contributed by atoms with E-state index in [-0.39, 0.29) is 23.2 Å². The highest BCUT2D eigenvalue weighted by Crippen LogP contribution is 2.42. The van der Waals surface area contributed by atoms with E-state index in [4.69, 9.17) is 9.47 Å². The summed E-state index contributed by atoms with van der Waals surface area (Å²) in [4.78, 5) is 37.8. The second kappa shape index (κ2) is 7.78. The fourth-order valence-electron chi connectivity index (χ4n) is 3.97. The second-order valence-electron chi connectivity index (χ2n) is 8.01. The lowest BCUT2D eigenvalue weighted by Crippen LogP contribution is -2.29. The van der Waals surface area contributed by atoms with Gasteiger partial charge >= 0.3 is 11.9 Å². The lowest BCUT2D eigenvalue weighted by molar-refractivity contribution is -0.139. The summed E-state index contributed by atoms with van der Waals surface area (Å²) in [5.74, 6) is -1.70. The monoisotopic (exact) mass is 398 g/mol. The van der Waals surface area contributed by atoms with Crippen LogP contribution in [0.2, 0.25) is 0 Å². The molecule has 0 saturated carbocycles. The molecule has 0 fully saturated rings. The quantitative estimate of drug-likeness (QED) is 0.724. The van der Waals surface area contributed by atoms with Crippen LogP contribution < -0.4 is 0 Å². The highest BCUT2D eigenvalue weighted by Gasteiger charge is 2.36. The number of carbonyl (C=O) groups excluding carboxylic acids is 3. The number of halogens is 1. The van der Waals surface area contributed by atoms with Gasteiger partial charge in [-0.05, 0) is 40.7 Å². The molecule has 152 valence electrons. The maximum absolute atomic E-state index is 13.5. The Morgan fingerprint density at radius 1 is 1.03 bits per heavy atom. The van der Waals surface area contributed by atoms with Crippen molar-refractivity contribution in [1.82, 2.24) is 0 Å². The number of Topliss-reactive ketones (excluding diaryl/α,β-unsaturated/α-hetero) is 1. The van der Waals surface area contributed by atoms with Crippen molar-refractivity contribution in [3.05, 3.63) is 58.4 Å². The van der Waals surface area contributed by atoms with Gasteiger partial charge in [0.25, 0.3) is 0 Å². The largest absolute Gasteiger partial charge is 0.469 e. The zero-order valence-corrected chi connectivity index (χ0v) is 16.9. The van der Waals surface area contributed by atoms with Gasteiger partial charge in [0.1, 0.15) is 5.82 Å². The number of methoxy groups -OCH3 is 2. The molecule has 0 atom stereocenters. The third-order valence-electron chi connectivity index (χ3n) is 5.16. The van der Waals surface area contributed by atoms with Crippen molar-refractivity contribution in [2.45, 2.75) is 33.1 Å². The number of rotatable bonds is 4. The molecule has 3 rings (SSSR count). The van der Waals surface area contributed by atoms with Gasteiger partial charge in [-0.15, -0.1) is 0 Å². The van der Waals surface area contributed by atoms with E-state index in [1.165, 1.54) is 38.5 Å². The lowest BCUT2D eigenvalue weighted by Gasteiger charge is -2.33. The second-order valence-corrected chi connectivity index (χ2v) is 8.01. The van der Waals surface area contributed by atoms with Gasteiger partial charge < -0.3 is 9.47 Å². The van der Waals surface area contributed by atoms with Crippen molar-refractivity contribution in [3.8, 4) is 11.1 Å². The van der Waals surface area contributed by atoms with E-state index in [1.807, 2.05) is 13.8 Å². The Kier molecular flexibility index (Phi) is 5.55. The third-order valence-corrected chi connectivity index (χ3v) is 5.16. The first kappa shape index (κ1) is 20.7. The number of hydrogen-bond acceptors (Lipinski definition) is 5. The van der Waals surface area contributed by atoms with Crippen LogP contribution in [0.5, 0.6) is 0 Å². The van der Waals surface area contributed by atoms with E-state index in [1.54, 1.807) is 6.07 Å². The minimum absolute atomic E-state index is 0.0923. The molecule has 1 aliphatic rings. The molecule has 0 N–H and O–H groups in total. The number of carbonyl (C=O) groups is 3. The number of benzene rings is 2. The van der Waals surface area contributed by atoms with Gasteiger partial charge in [0, 0.05) is 17.5 Å². The summed E-state index contributed by atoms with van der Waals surface area (Å²) in [7, 11) is 2.51. The van der Waals surface area contributed by atoms with Gasteiger partial charge in [0.2, 0.25) is 0 Å². The van der Waals surface area contributed by atoms with E-state index in [0.29, 0.717) is 35.1 Å². The Balaban J connectivity index is 2.39. The van der Waals surface area contributed by atoms with E-state index in [0.717, 1.165) is 5.56 Å². The Morgan fingerprint density at radius 2 is 1.69 bits per heavy atom. The molecule has 0 radical (unpaired) electrons. The van der Waals surface area contributed by atoms with Gasteiger partial charge in [-0.3, -0.25) is 9.59 Å². The van der Waals surface area contributed by atoms with Crippen molar-refractivity contribution in [2.75, 3.05) is 14.2 Å². The van der Waals surface area contributed by atoms with E-state index in [2.05, 4.69) is 0 Å². The average Bonchev–Trinajstić information content (AvgIpc) is 2.66. The molecule has 0 amide bonds. The number of hydrogen-bond donors (Lipinski definition) is 0. The van der Waals surface area contributed by atoms with Crippen LogP contribution >= 0.6 is 0 Å². The van der Waals surface area contributed by atoms with Crippen LogP contribution in [0.3, 0.4) is 0 Å². The minimum Gasteiger partial charge on any atom is -0.469 e. The highest BCUT2D eigenvalue weighted by atomic mass is 19.1. The molecule has 0 heterocycles. The molecular formula is C23H23FO5. The molecule has 0 aromatic heterocycles. The van der Waals surface area contributed by atoms with Crippen LogP contribution in [-0.4, -0.2) is 31.9 Å². The number of ether oxygens (including phenoxy) is 2. The molecule has 0 saturated heterocycles. The molecule has 2 aromatic carbocycles. The Labute approximate surface area is 168 Å². The minimum atomic E-state index is -0.663. The summed E-state index contributed by atoms with van der Waals surface area (Å²) in [5, 5.41) is 0. The summed E-state index contributed by atoms with van der Waals surface area (Å²) < 4.78 is 23.3. The van der Waals surface area contributed by atoms with Crippen molar-refractivity contribution < 1.29 is 28.2 Å². The number of esters is 2. The summed E-state index contributed by atoms with van der Waals surface area (Å²) in [6, 6.07) is 7.31. The molecule has 0 bridgehead atoms. The molecule has 2 aromatic rings. The molecular weight excluding hydrogens is 375 g/mol. The number of ketones is 1. The maximum Gasteiger partial charge on any atom is 0.338 e. The zero-order valence-electron chi connectivity index (χ0n) is 16.9. The molecule has 0 unspecified atom stereocenters. The highest BCUT2D eigenvalue weighted by molar-refractivity contribution is 6.11. The zero-order chi connectivity index (χ0) is 21.3. The topological polar surface area (TPSA) is 69.7 Å². The van der Waals surface area contributed by atoms with Crippen LogP contribution in [-0.2, 0) is 27.1 Å². The Hall–Kier alpha value is -3.02. The third kappa shape index (κ3) is 4.06. The molecule has 0 aliphatic heterocycles. The van der Waals surface area contributed by atoms with Crippen molar-refractivity contribution in [3.63, 3.8) is 0 Å². The van der Waals surface area contributed by atoms with Crippen molar-refractivity contribution in [1.29, 1.82) is 0 Å². The predicted octanol–water partition coefficient (Wildman–Crippen LogP) is 4.15. The lowest BCUT2D eigenvalue weighted by atomic mass is 9.70. The molecule has 5 nitrogen and oxygen atoms in total. The predicted molar refractivity (Wildman–Crippen MR) is 105 cm³/mol. The van der Waals surface area contributed by atoms with Crippen LogP contribution in [0.1, 0.15) is 52.1 Å². The molecule has 1 aliphatic carbocycles. The van der Waals surface area contributed by atoms with Gasteiger partial charge in [0.15, 0.2) is 5.78 Å². The standard InChI is InChI=1S/C23H23FO5/c1-23(2)11-15-9-14(10-18(26)28-3)21(22(27)29-4)20(19(15)17(25)12-23)13-5-7-16(24)8-6-13/h5-9H,10-12H2,1-4H3. The fraction of sp³-hybridized carbons (Fsp3) is 0.348. The first-order valence-corrected chi connectivity index (χ1v) is 9.30. The first-order valence-electron chi connectivity index (χ1n) is 9.30. The van der Waals surface area contributed by atoms with Crippen LogP contribution in [0.4, 0.5) is 4.39 Å². The maximum atomic E-state index is 13.5. The Bertz CT molecular complexity index is 989. The van der Waals surface area contributed by atoms with Crippen molar-refractivity contribution >= 4 is 17.7 Å². The summed E-state index contributed by atoms with van der Waals surface area (Å²) in [6.07, 6.45) is 0.792. The smallest absolute Gasteiger partial charge is 0.338 e.